The van der Waals surface area contributed by atoms with Gasteiger partial charge < -0.3 is 0 Å². The van der Waals surface area contributed by atoms with Gasteiger partial charge >= 0.3 is 0 Å². The standard InChI is InChI=1S/C17H20.C4H10/c1-13-10-11-16(14-6-2-3-7-14)12-17(13)15-8-4-5-9-15;1-3-4-2/h2,4,6,8,10-12,14-15H,3,5,7,9H2,1H3;3-4H2,1-2H3. The van der Waals surface area contributed by atoms with Gasteiger partial charge in [-0.1, -0.05) is 69.2 Å². The van der Waals surface area contributed by atoms with Crippen molar-refractivity contribution in [3.8, 4) is 0 Å². The minimum atomic E-state index is 0.666. The van der Waals surface area contributed by atoms with Gasteiger partial charge in [-0.05, 0) is 49.3 Å². The van der Waals surface area contributed by atoms with Crippen LogP contribution in [0.15, 0.2) is 42.5 Å². The van der Waals surface area contributed by atoms with E-state index in [1.165, 1.54) is 49.7 Å². The second-order valence-electron chi connectivity index (χ2n) is 6.34. The molecule has 0 saturated carbocycles. The summed E-state index contributed by atoms with van der Waals surface area (Å²) in [4.78, 5) is 0. The maximum Gasteiger partial charge on any atom is 0.00236 e. The quantitative estimate of drug-likeness (QED) is 0.543. The third-order valence-corrected chi connectivity index (χ3v) is 4.66. The van der Waals surface area contributed by atoms with Gasteiger partial charge in [0.1, 0.15) is 0 Å². The molecular weight excluding hydrogens is 252 g/mol. The zero-order valence-corrected chi connectivity index (χ0v) is 13.9. The van der Waals surface area contributed by atoms with Crippen LogP contribution in [0.3, 0.4) is 0 Å². The van der Waals surface area contributed by atoms with Crippen LogP contribution in [0.2, 0.25) is 0 Å². The number of allylic oxidation sites excluding steroid dienone is 4. The Morgan fingerprint density at radius 2 is 1.52 bits per heavy atom. The van der Waals surface area contributed by atoms with Crippen LogP contribution < -0.4 is 0 Å². The van der Waals surface area contributed by atoms with Crippen molar-refractivity contribution in [2.75, 3.05) is 0 Å². The van der Waals surface area contributed by atoms with Crippen molar-refractivity contribution in [1.29, 1.82) is 0 Å². The Labute approximate surface area is 131 Å². The first-order valence-corrected chi connectivity index (χ1v) is 8.70. The van der Waals surface area contributed by atoms with E-state index in [0.29, 0.717) is 11.8 Å². The summed E-state index contributed by atoms with van der Waals surface area (Å²) in [5.74, 6) is 1.33. The third kappa shape index (κ3) is 4.33. The molecule has 2 atom stereocenters. The van der Waals surface area contributed by atoms with Gasteiger partial charge in [-0.15, -0.1) is 0 Å². The lowest BCUT2D eigenvalue weighted by Crippen LogP contribution is -1.99. The Morgan fingerprint density at radius 3 is 2.05 bits per heavy atom. The Bertz CT molecular complexity index is 491. The van der Waals surface area contributed by atoms with Gasteiger partial charge in [0.2, 0.25) is 0 Å². The summed E-state index contributed by atoms with van der Waals surface area (Å²) >= 11 is 0. The highest BCUT2D eigenvalue weighted by Gasteiger charge is 2.17. The number of hydrogen-bond acceptors (Lipinski definition) is 0. The van der Waals surface area contributed by atoms with Crippen LogP contribution in [0, 0.1) is 6.92 Å². The molecule has 0 spiro atoms. The molecule has 0 heteroatoms. The molecule has 0 bridgehead atoms. The number of rotatable bonds is 3. The SMILES string of the molecule is CCCC.Cc1ccc(C2C=CCC2)cc1C1C=CCC1. The summed E-state index contributed by atoms with van der Waals surface area (Å²) < 4.78 is 0. The highest BCUT2D eigenvalue weighted by Crippen LogP contribution is 2.35. The molecular formula is C21H30. The van der Waals surface area contributed by atoms with E-state index in [1.807, 2.05) is 0 Å². The molecule has 2 unspecified atom stereocenters. The van der Waals surface area contributed by atoms with Crippen molar-refractivity contribution in [1.82, 2.24) is 0 Å². The molecule has 114 valence electrons. The highest BCUT2D eigenvalue weighted by molar-refractivity contribution is 5.40. The van der Waals surface area contributed by atoms with Crippen molar-refractivity contribution in [2.24, 2.45) is 0 Å². The van der Waals surface area contributed by atoms with Crippen LogP contribution in [0.1, 0.15) is 80.9 Å². The Balaban J connectivity index is 0.000000361. The smallest absolute Gasteiger partial charge is 0.00236 e. The second-order valence-corrected chi connectivity index (χ2v) is 6.34. The summed E-state index contributed by atoms with van der Waals surface area (Å²) in [6.07, 6.45) is 17.1. The van der Waals surface area contributed by atoms with E-state index in [4.69, 9.17) is 0 Å². The van der Waals surface area contributed by atoms with Crippen LogP contribution >= 0.6 is 0 Å². The van der Waals surface area contributed by atoms with Gasteiger partial charge in [0.25, 0.3) is 0 Å². The predicted molar refractivity (Wildman–Crippen MR) is 94.0 cm³/mol. The van der Waals surface area contributed by atoms with Gasteiger partial charge in [-0.2, -0.15) is 0 Å². The Kier molecular flexibility index (Phi) is 6.29. The number of benzene rings is 1. The first-order chi connectivity index (χ1) is 10.3. The normalized spacial score (nSPS) is 23.2. The molecule has 0 aliphatic heterocycles. The Hall–Kier alpha value is -1.30. The summed E-state index contributed by atoms with van der Waals surface area (Å²) in [5, 5.41) is 0. The van der Waals surface area contributed by atoms with Crippen molar-refractivity contribution < 1.29 is 0 Å². The molecule has 0 fully saturated rings. The summed E-state index contributed by atoms with van der Waals surface area (Å²) in [7, 11) is 0. The van der Waals surface area contributed by atoms with Gasteiger partial charge in [-0.25, -0.2) is 0 Å². The molecule has 0 nitrogen and oxygen atoms in total. The van der Waals surface area contributed by atoms with Gasteiger partial charge in [0, 0.05) is 11.8 Å². The average Bonchev–Trinajstić information content (AvgIpc) is 3.21. The summed E-state index contributed by atoms with van der Waals surface area (Å²) in [6, 6.07) is 7.08. The summed E-state index contributed by atoms with van der Waals surface area (Å²) in [5.41, 5.74) is 4.52. The minimum Gasteiger partial charge on any atom is -0.0879 e. The molecule has 0 radical (unpaired) electrons. The molecule has 3 rings (SSSR count). The van der Waals surface area contributed by atoms with Crippen LogP contribution in [-0.2, 0) is 0 Å². The van der Waals surface area contributed by atoms with Crippen molar-refractivity contribution in [3.05, 3.63) is 59.2 Å². The van der Waals surface area contributed by atoms with Crippen molar-refractivity contribution in [3.63, 3.8) is 0 Å². The highest BCUT2D eigenvalue weighted by atomic mass is 14.2. The van der Waals surface area contributed by atoms with Crippen LogP contribution in [0.4, 0.5) is 0 Å². The molecule has 1 aromatic carbocycles. The largest absolute Gasteiger partial charge is 0.0879 e. The zero-order chi connectivity index (χ0) is 15.1. The topological polar surface area (TPSA) is 0 Å². The van der Waals surface area contributed by atoms with E-state index in [1.54, 1.807) is 5.56 Å². The molecule has 21 heavy (non-hydrogen) atoms. The lowest BCUT2D eigenvalue weighted by atomic mass is 9.89. The maximum absolute atomic E-state index is 2.45. The predicted octanol–water partition coefficient (Wildman–Crippen LogP) is 6.67. The lowest BCUT2D eigenvalue weighted by molar-refractivity contribution is 0.774. The molecule has 1 aromatic rings. The van der Waals surface area contributed by atoms with E-state index in [9.17, 15) is 0 Å². The molecule has 0 amide bonds. The molecule has 2 aliphatic carbocycles. The average molecular weight is 282 g/mol. The van der Waals surface area contributed by atoms with Crippen LogP contribution in [0.25, 0.3) is 0 Å². The maximum atomic E-state index is 2.45. The van der Waals surface area contributed by atoms with E-state index in [2.05, 4.69) is 63.3 Å². The molecule has 0 saturated heterocycles. The fourth-order valence-electron chi connectivity index (χ4n) is 3.09. The number of aryl methyl sites for hydroxylation is 1. The first-order valence-electron chi connectivity index (χ1n) is 8.70. The molecule has 2 aliphatic rings. The van der Waals surface area contributed by atoms with Crippen LogP contribution in [0.5, 0.6) is 0 Å². The lowest BCUT2D eigenvalue weighted by Gasteiger charge is -2.16. The van der Waals surface area contributed by atoms with E-state index < -0.39 is 0 Å². The van der Waals surface area contributed by atoms with E-state index >= 15 is 0 Å². The first kappa shape index (κ1) is 16.1. The summed E-state index contributed by atoms with van der Waals surface area (Å²) in [6.45, 7) is 6.61. The van der Waals surface area contributed by atoms with E-state index in [-0.39, 0.29) is 0 Å². The molecule has 0 heterocycles. The number of hydrogen-bond donors (Lipinski definition) is 0. The zero-order valence-electron chi connectivity index (χ0n) is 13.9. The monoisotopic (exact) mass is 282 g/mol. The van der Waals surface area contributed by atoms with Gasteiger partial charge in [0.15, 0.2) is 0 Å². The van der Waals surface area contributed by atoms with E-state index in [0.717, 1.165) is 0 Å². The second kappa shape index (κ2) is 8.22. The molecule has 0 aromatic heterocycles. The molecule has 0 N–H and O–H groups in total. The van der Waals surface area contributed by atoms with Crippen molar-refractivity contribution >= 4 is 0 Å². The van der Waals surface area contributed by atoms with Gasteiger partial charge in [0.05, 0.1) is 0 Å². The number of unbranched alkanes of at least 4 members (excludes halogenated alkanes) is 1. The van der Waals surface area contributed by atoms with Crippen molar-refractivity contribution in [2.45, 2.75) is 71.1 Å². The fourth-order valence-corrected chi connectivity index (χ4v) is 3.09. The Morgan fingerprint density at radius 1 is 0.905 bits per heavy atom. The third-order valence-electron chi connectivity index (χ3n) is 4.66. The van der Waals surface area contributed by atoms with Gasteiger partial charge in [-0.3, -0.25) is 0 Å². The van der Waals surface area contributed by atoms with Crippen LogP contribution in [-0.4, -0.2) is 0 Å². The minimum absolute atomic E-state index is 0.666. The fraction of sp³-hybridized carbons (Fsp3) is 0.524.